The molecule has 2 heterocycles. The molecule has 7 heteroatoms. The number of hydrogen-bond donors (Lipinski definition) is 0. The molecule has 0 aromatic heterocycles. The lowest BCUT2D eigenvalue weighted by Gasteiger charge is -2.39. The maximum Gasteiger partial charge on any atom is 0.410 e. The first kappa shape index (κ1) is 19.5. The molecule has 0 saturated carbocycles. The Hall–Kier alpha value is -0.820. The topological polar surface area (TPSA) is 53.1 Å². The molecule has 0 N–H and O–H groups in total. The SMILES string of the molecule is CC(C)(C)OC(=O)N1CCN(CC2CCN(C(=O)CBr)CC2)CC1. The largest absolute Gasteiger partial charge is 0.444 e. The summed E-state index contributed by atoms with van der Waals surface area (Å²) in [4.78, 5) is 30.0. The molecule has 2 aliphatic rings. The summed E-state index contributed by atoms with van der Waals surface area (Å²) < 4.78 is 5.43. The Balaban J connectivity index is 1.69. The molecule has 24 heavy (non-hydrogen) atoms. The van der Waals surface area contributed by atoms with Crippen molar-refractivity contribution in [2.75, 3.05) is 51.1 Å². The van der Waals surface area contributed by atoms with Crippen LogP contribution in [0.1, 0.15) is 33.6 Å². The zero-order chi connectivity index (χ0) is 17.7. The van der Waals surface area contributed by atoms with Crippen LogP contribution in [0, 0.1) is 5.92 Å². The number of amides is 2. The second-order valence-corrected chi connectivity index (χ2v) is 8.29. The molecule has 2 aliphatic heterocycles. The number of carbonyl (C=O) groups excluding carboxylic acids is 2. The molecular formula is C17H30BrN3O3. The van der Waals surface area contributed by atoms with Crippen molar-refractivity contribution in [1.82, 2.24) is 14.7 Å². The maximum atomic E-state index is 12.1. The van der Waals surface area contributed by atoms with Crippen molar-refractivity contribution in [2.24, 2.45) is 5.92 Å². The van der Waals surface area contributed by atoms with Gasteiger partial charge in [0.1, 0.15) is 5.60 Å². The van der Waals surface area contributed by atoms with Crippen molar-refractivity contribution in [3.8, 4) is 0 Å². The number of rotatable bonds is 3. The van der Waals surface area contributed by atoms with Gasteiger partial charge in [-0.05, 0) is 39.5 Å². The fourth-order valence-corrected chi connectivity index (χ4v) is 3.61. The van der Waals surface area contributed by atoms with Crippen LogP contribution < -0.4 is 0 Å². The monoisotopic (exact) mass is 403 g/mol. The van der Waals surface area contributed by atoms with E-state index in [0.717, 1.165) is 58.7 Å². The number of nitrogens with zero attached hydrogens (tertiary/aromatic N) is 3. The van der Waals surface area contributed by atoms with Crippen molar-refractivity contribution in [3.63, 3.8) is 0 Å². The van der Waals surface area contributed by atoms with E-state index in [9.17, 15) is 9.59 Å². The minimum atomic E-state index is -0.436. The van der Waals surface area contributed by atoms with Crippen molar-refractivity contribution < 1.29 is 14.3 Å². The first-order valence-electron chi connectivity index (χ1n) is 8.82. The number of piperidine rings is 1. The Morgan fingerprint density at radius 3 is 2.08 bits per heavy atom. The van der Waals surface area contributed by atoms with Crippen molar-refractivity contribution in [2.45, 2.75) is 39.2 Å². The van der Waals surface area contributed by atoms with E-state index in [0.29, 0.717) is 11.2 Å². The summed E-state index contributed by atoms with van der Waals surface area (Å²) in [5.41, 5.74) is -0.436. The standard InChI is InChI=1S/C17H30BrN3O3/c1-17(2,3)24-16(23)21-10-8-19(9-11-21)13-14-4-6-20(7-5-14)15(22)12-18/h14H,4-13H2,1-3H3. The van der Waals surface area contributed by atoms with Gasteiger partial charge < -0.3 is 14.5 Å². The summed E-state index contributed by atoms with van der Waals surface area (Å²) in [6, 6.07) is 0. The lowest BCUT2D eigenvalue weighted by Crippen LogP contribution is -2.51. The Morgan fingerprint density at radius 1 is 1.00 bits per heavy atom. The highest BCUT2D eigenvalue weighted by molar-refractivity contribution is 9.09. The number of likely N-dealkylation sites (tertiary alicyclic amines) is 1. The van der Waals surface area contributed by atoms with Crippen LogP contribution in [0.2, 0.25) is 0 Å². The molecule has 0 spiro atoms. The normalized spacial score (nSPS) is 21.0. The van der Waals surface area contributed by atoms with E-state index in [1.54, 1.807) is 4.90 Å². The first-order chi connectivity index (χ1) is 11.3. The van der Waals surface area contributed by atoms with Gasteiger partial charge in [0.25, 0.3) is 0 Å². The number of hydrogen-bond acceptors (Lipinski definition) is 4. The smallest absolute Gasteiger partial charge is 0.410 e. The Kier molecular flexibility index (Phi) is 6.92. The molecule has 0 radical (unpaired) electrons. The molecule has 0 aromatic rings. The molecule has 0 aliphatic carbocycles. The van der Waals surface area contributed by atoms with Gasteiger partial charge in [-0.25, -0.2) is 4.79 Å². The molecular weight excluding hydrogens is 374 g/mol. The van der Waals surface area contributed by atoms with E-state index in [1.165, 1.54) is 0 Å². The van der Waals surface area contributed by atoms with Crippen molar-refractivity contribution >= 4 is 27.9 Å². The van der Waals surface area contributed by atoms with Crippen LogP contribution in [0.4, 0.5) is 4.79 Å². The minimum absolute atomic E-state index is 0.194. The van der Waals surface area contributed by atoms with Gasteiger partial charge in [0, 0.05) is 45.8 Å². The van der Waals surface area contributed by atoms with Gasteiger partial charge in [0.2, 0.25) is 5.91 Å². The van der Waals surface area contributed by atoms with E-state index >= 15 is 0 Å². The number of piperazine rings is 1. The number of halogens is 1. The average Bonchev–Trinajstić information content (AvgIpc) is 2.54. The molecule has 0 atom stereocenters. The summed E-state index contributed by atoms with van der Waals surface area (Å²) in [6.45, 7) is 11.8. The number of carbonyl (C=O) groups is 2. The second-order valence-electron chi connectivity index (χ2n) is 7.73. The summed E-state index contributed by atoms with van der Waals surface area (Å²) in [7, 11) is 0. The van der Waals surface area contributed by atoms with E-state index < -0.39 is 5.60 Å². The first-order valence-corrected chi connectivity index (χ1v) is 9.94. The summed E-state index contributed by atoms with van der Waals surface area (Å²) in [5, 5.41) is 0.421. The van der Waals surface area contributed by atoms with Crippen LogP contribution in [0.25, 0.3) is 0 Å². The van der Waals surface area contributed by atoms with Crippen molar-refractivity contribution in [1.29, 1.82) is 0 Å². The van der Waals surface area contributed by atoms with Gasteiger partial charge in [-0.15, -0.1) is 0 Å². The van der Waals surface area contributed by atoms with Crippen LogP contribution in [0.15, 0.2) is 0 Å². The molecule has 2 rings (SSSR count). The third-order valence-corrected chi connectivity index (χ3v) is 5.10. The molecule has 138 valence electrons. The Bertz CT molecular complexity index is 437. The maximum absolute atomic E-state index is 12.1. The zero-order valence-corrected chi connectivity index (χ0v) is 16.7. The predicted molar refractivity (Wildman–Crippen MR) is 97.3 cm³/mol. The molecule has 0 unspecified atom stereocenters. The van der Waals surface area contributed by atoms with Crippen molar-refractivity contribution in [3.05, 3.63) is 0 Å². The summed E-state index contributed by atoms with van der Waals surface area (Å²) >= 11 is 3.24. The quantitative estimate of drug-likeness (QED) is 0.677. The van der Waals surface area contributed by atoms with Gasteiger partial charge in [-0.2, -0.15) is 0 Å². The molecule has 0 aromatic carbocycles. The predicted octanol–water partition coefficient (Wildman–Crippen LogP) is 2.17. The molecule has 2 amide bonds. The van der Waals surface area contributed by atoms with Gasteiger partial charge in [0.15, 0.2) is 0 Å². The lowest BCUT2D eigenvalue weighted by atomic mass is 9.96. The Labute approximate surface area is 153 Å². The van der Waals surface area contributed by atoms with Crippen LogP contribution >= 0.6 is 15.9 Å². The van der Waals surface area contributed by atoms with Crippen LogP contribution in [0.5, 0.6) is 0 Å². The van der Waals surface area contributed by atoms with Gasteiger partial charge in [-0.1, -0.05) is 15.9 Å². The third kappa shape index (κ3) is 5.92. The highest BCUT2D eigenvalue weighted by Gasteiger charge is 2.28. The molecule has 6 nitrogen and oxygen atoms in total. The molecule has 2 saturated heterocycles. The van der Waals surface area contributed by atoms with Gasteiger partial charge in [-0.3, -0.25) is 9.69 Å². The Morgan fingerprint density at radius 2 is 1.58 bits per heavy atom. The van der Waals surface area contributed by atoms with Gasteiger partial charge in [0.05, 0.1) is 5.33 Å². The fourth-order valence-electron chi connectivity index (χ4n) is 3.25. The van der Waals surface area contributed by atoms with E-state index in [-0.39, 0.29) is 12.0 Å². The van der Waals surface area contributed by atoms with Gasteiger partial charge >= 0.3 is 6.09 Å². The van der Waals surface area contributed by atoms with Crippen LogP contribution in [-0.4, -0.2) is 83.4 Å². The van der Waals surface area contributed by atoms with Crippen LogP contribution in [0.3, 0.4) is 0 Å². The molecule has 0 bridgehead atoms. The van der Waals surface area contributed by atoms with E-state index in [4.69, 9.17) is 4.74 Å². The highest BCUT2D eigenvalue weighted by Crippen LogP contribution is 2.20. The average molecular weight is 404 g/mol. The number of alkyl halides is 1. The minimum Gasteiger partial charge on any atom is -0.444 e. The van der Waals surface area contributed by atoms with E-state index in [1.807, 2.05) is 25.7 Å². The number of ether oxygens (including phenoxy) is 1. The summed E-state index contributed by atoms with van der Waals surface area (Å²) in [6.07, 6.45) is 1.94. The summed E-state index contributed by atoms with van der Waals surface area (Å²) in [5.74, 6) is 0.844. The van der Waals surface area contributed by atoms with Crippen LogP contribution in [-0.2, 0) is 9.53 Å². The second kappa shape index (κ2) is 8.52. The zero-order valence-electron chi connectivity index (χ0n) is 15.1. The van der Waals surface area contributed by atoms with E-state index in [2.05, 4.69) is 20.8 Å². The fraction of sp³-hybridized carbons (Fsp3) is 0.882. The lowest BCUT2D eigenvalue weighted by molar-refractivity contribution is -0.129. The third-order valence-electron chi connectivity index (χ3n) is 4.62. The highest BCUT2D eigenvalue weighted by atomic mass is 79.9. The molecule has 2 fully saturated rings.